The molecule has 1 aromatic carbocycles. The van der Waals surface area contributed by atoms with Crippen LogP contribution in [0, 0.1) is 0 Å². The largest absolute Gasteiger partial charge is 0.462 e. The van der Waals surface area contributed by atoms with E-state index in [0.717, 1.165) is 12.1 Å². The van der Waals surface area contributed by atoms with Gasteiger partial charge in [-0.05, 0) is 30.7 Å². The highest BCUT2D eigenvalue weighted by Gasteiger charge is 2.33. The molecule has 0 fully saturated rings. The van der Waals surface area contributed by atoms with Gasteiger partial charge in [0.1, 0.15) is 0 Å². The van der Waals surface area contributed by atoms with E-state index >= 15 is 0 Å². The molecule has 0 spiro atoms. The molecular weight excluding hydrogens is 361 g/mol. The minimum Gasteiger partial charge on any atom is -0.462 e. The Bertz CT molecular complexity index is 815. The van der Waals surface area contributed by atoms with Gasteiger partial charge in [-0.1, -0.05) is 11.6 Å². The lowest BCUT2D eigenvalue weighted by Gasteiger charge is -2.10. The van der Waals surface area contributed by atoms with Crippen LogP contribution in [-0.2, 0) is 22.1 Å². The second-order valence-corrected chi connectivity index (χ2v) is 5.54. The van der Waals surface area contributed by atoms with E-state index in [9.17, 15) is 22.8 Å². The summed E-state index contributed by atoms with van der Waals surface area (Å²) in [4.78, 5) is 23.2. The Morgan fingerprint density at radius 2 is 1.96 bits per heavy atom. The average molecular weight is 375 g/mol. The van der Waals surface area contributed by atoms with Crippen molar-refractivity contribution in [3.05, 3.63) is 52.3 Å². The summed E-state index contributed by atoms with van der Waals surface area (Å²) in [6.07, 6.45) is -2.00. The number of primary amides is 1. The zero-order valence-electron chi connectivity index (χ0n) is 13.1. The van der Waals surface area contributed by atoms with Crippen LogP contribution in [0.25, 0.3) is 5.69 Å². The third-order valence-corrected chi connectivity index (χ3v) is 3.64. The van der Waals surface area contributed by atoms with Crippen molar-refractivity contribution in [3.63, 3.8) is 0 Å². The molecule has 1 aromatic heterocycles. The van der Waals surface area contributed by atoms with Gasteiger partial charge >= 0.3 is 12.1 Å². The van der Waals surface area contributed by atoms with E-state index in [0.29, 0.717) is 11.3 Å². The fraction of sp³-hybridized carbons (Fsp3) is 0.250. The molecule has 2 N–H and O–H groups in total. The van der Waals surface area contributed by atoms with E-state index in [1.807, 2.05) is 0 Å². The molecule has 2 aromatic rings. The number of rotatable bonds is 5. The van der Waals surface area contributed by atoms with E-state index in [1.54, 1.807) is 6.92 Å². The zero-order valence-corrected chi connectivity index (χ0v) is 13.8. The molecule has 0 saturated heterocycles. The number of nitrogens with two attached hydrogens (primary N) is 1. The van der Waals surface area contributed by atoms with Gasteiger partial charge in [0.25, 0.3) is 0 Å². The van der Waals surface area contributed by atoms with Crippen molar-refractivity contribution in [2.24, 2.45) is 5.73 Å². The fourth-order valence-electron chi connectivity index (χ4n) is 2.26. The molecule has 134 valence electrons. The molecule has 0 aliphatic rings. The highest BCUT2D eigenvalue weighted by molar-refractivity contribution is 6.31. The molecule has 0 unspecified atom stereocenters. The number of nitrogens with zero attached hydrogens (tertiary/aromatic N) is 1. The predicted molar refractivity (Wildman–Crippen MR) is 84.6 cm³/mol. The molecular formula is C16H14ClF3N2O3. The van der Waals surface area contributed by atoms with Gasteiger partial charge in [-0.3, -0.25) is 4.79 Å². The van der Waals surface area contributed by atoms with E-state index in [4.69, 9.17) is 22.1 Å². The minimum absolute atomic E-state index is 0.108. The van der Waals surface area contributed by atoms with Crippen LogP contribution in [0.15, 0.2) is 30.6 Å². The van der Waals surface area contributed by atoms with E-state index in [2.05, 4.69) is 0 Å². The first-order valence-electron chi connectivity index (χ1n) is 7.17. The summed E-state index contributed by atoms with van der Waals surface area (Å²) in [5, 5.41) is -0.479. The molecule has 0 atom stereocenters. The fourth-order valence-corrected chi connectivity index (χ4v) is 2.54. The summed E-state index contributed by atoms with van der Waals surface area (Å²) in [5.74, 6) is -1.32. The zero-order chi connectivity index (χ0) is 18.8. The number of carbonyl (C=O) groups is 2. The SMILES string of the molecule is CCOC(=O)c1cn(-c2ccc(C(F)(F)F)c(Cl)c2)cc1CC(N)=O. The number of aromatic nitrogens is 1. The van der Waals surface area contributed by atoms with Crippen molar-refractivity contribution in [2.75, 3.05) is 6.61 Å². The first kappa shape index (κ1) is 18.9. The third kappa shape index (κ3) is 4.33. The molecule has 1 amide bonds. The van der Waals surface area contributed by atoms with Gasteiger partial charge in [0, 0.05) is 18.1 Å². The van der Waals surface area contributed by atoms with Gasteiger partial charge in [0.05, 0.1) is 29.2 Å². The lowest BCUT2D eigenvalue weighted by atomic mass is 10.1. The summed E-state index contributed by atoms with van der Waals surface area (Å²) >= 11 is 5.71. The number of benzene rings is 1. The van der Waals surface area contributed by atoms with Crippen LogP contribution >= 0.6 is 11.6 Å². The molecule has 0 saturated carbocycles. The quantitative estimate of drug-likeness (QED) is 0.815. The molecule has 0 aliphatic carbocycles. The van der Waals surface area contributed by atoms with Crippen molar-refractivity contribution in [1.29, 1.82) is 0 Å². The molecule has 1 heterocycles. The molecule has 9 heteroatoms. The number of esters is 1. The van der Waals surface area contributed by atoms with E-state index < -0.39 is 28.6 Å². The van der Waals surface area contributed by atoms with E-state index in [-0.39, 0.29) is 18.6 Å². The molecule has 0 aliphatic heterocycles. The Kier molecular flexibility index (Phi) is 5.42. The standard InChI is InChI=1S/C16H14ClF3N2O3/c1-2-25-15(24)11-8-22(7-9(11)5-14(21)23)10-3-4-12(13(17)6-10)16(18,19)20/h3-4,6-8H,2,5H2,1H3,(H2,21,23). The minimum atomic E-state index is -4.57. The molecule has 0 radical (unpaired) electrons. The summed E-state index contributed by atoms with van der Waals surface area (Å²) in [5.41, 5.74) is 4.90. The number of amides is 1. The van der Waals surface area contributed by atoms with Crippen LogP contribution in [0.5, 0.6) is 0 Å². The maximum atomic E-state index is 12.8. The van der Waals surface area contributed by atoms with Crippen molar-refractivity contribution >= 4 is 23.5 Å². The van der Waals surface area contributed by atoms with Crippen molar-refractivity contribution in [1.82, 2.24) is 4.57 Å². The van der Waals surface area contributed by atoms with E-state index in [1.165, 1.54) is 23.0 Å². The van der Waals surface area contributed by atoms with Gasteiger partial charge in [-0.25, -0.2) is 4.79 Å². The van der Waals surface area contributed by atoms with Gasteiger partial charge in [-0.15, -0.1) is 0 Å². The van der Waals surface area contributed by atoms with Gasteiger partial charge in [0.2, 0.25) is 5.91 Å². The number of alkyl halides is 3. The Balaban J connectivity index is 2.47. The second-order valence-electron chi connectivity index (χ2n) is 5.13. The van der Waals surface area contributed by atoms with Crippen LogP contribution in [0.3, 0.4) is 0 Å². The summed E-state index contributed by atoms with van der Waals surface area (Å²) in [6.45, 7) is 1.75. The number of hydrogen-bond donors (Lipinski definition) is 1. The predicted octanol–water partition coefficient (Wildman–Crippen LogP) is 3.35. The Labute approximate surface area is 146 Å². The Morgan fingerprint density at radius 3 is 2.48 bits per heavy atom. The summed E-state index contributed by atoms with van der Waals surface area (Å²) in [7, 11) is 0. The lowest BCUT2D eigenvalue weighted by molar-refractivity contribution is -0.137. The molecule has 25 heavy (non-hydrogen) atoms. The number of hydrogen-bond acceptors (Lipinski definition) is 3. The van der Waals surface area contributed by atoms with Crippen LogP contribution in [-0.4, -0.2) is 23.1 Å². The monoisotopic (exact) mass is 374 g/mol. The molecule has 5 nitrogen and oxygen atoms in total. The van der Waals surface area contributed by atoms with Gasteiger partial charge < -0.3 is 15.0 Å². The summed E-state index contributed by atoms with van der Waals surface area (Å²) < 4.78 is 44.6. The molecule has 2 rings (SSSR count). The van der Waals surface area contributed by atoms with Gasteiger partial charge in [-0.2, -0.15) is 13.2 Å². The maximum Gasteiger partial charge on any atom is 0.417 e. The van der Waals surface area contributed by atoms with Crippen LogP contribution < -0.4 is 5.73 Å². The van der Waals surface area contributed by atoms with Gasteiger partial charge in [0.15, 0.2) is 0 Å². The Hall–Kier alpha value is -2.48. The molecule has 0 bridgehead atoms. The smallest absolute Gasteiger partial charge is 0.417 e. The Morgan fingerprint density at radius 1 is 1.28 bits per heavy atom. The van der Waals surface area contributed by atoms with Crippen LogP contribution in [0.4, 0.5) is 13.2 Å². The second kappa shape index (κ2) is 7.18. The first-order chi connectivity index (χ1) is 11.6. The maximum absolute atomic E-state index is 12.8. The topological polar surface area (TPSA) is 74.3 Å². The van der Waals surface area contributed by atoms with Crippen molar-refractivity contribution < 1.29 is 27.5 Å². The number of halogens is 4. The highest BCUT2D eigenvalue weighted by atomic mass is 35.5. The lowest BCUT2D eigenvalue weighted by Crippen LogP contribution is -2.15. The van der Waals surface area contributed by atoms with Crippen molar-refractivity contribution in [3.8, 4) is 5.69 Å². The van der Waals surface area contributed by atoms with Crippen LogP contribution in [0.2, 0.25) is 5.02 Å². The third-order valence-electron chi connectivity index (χ3n) is 3.33. The highest BCUT2D eigenvalue weighted by Crippen LogP contribution is 2.35. The summed E-state index contributed by atoms with van der Waals surface area (Å²) in [6, 6.07) is 3.17. The number of ether oxygens (including phenoxy) is 1. The average Bonchev–Trinajstić information content (AvgIpc) is 2.89. The first-order valence-corrected chi connectivity index (χ1v) is 7.54. The number of carbonyl (C=O) groups excluding carboxylic acids is 2. The normalized spacial score (nSPS) is 11.4. The van der Waals surface area contributed by atoms with Crippen LogP contribution in [0.1, 0.15) is 28.4 Å². The van der Waals surface area contributed by atoms with Crippen molar-refractivity contribution in [2.45, 2.75) is 19.5 Å².